The van der Waals surface area contributed by atoms with Crippen LogP contribution in [0.4, 0.5) is 0 Å². The van der Waals surface area contributed by atoms with Gasteiger partial charge in [0.15, 0.2) is 0 Å². The van der Waals surface area contributed by atoms with Crippen LogP contribution in [-0.4, -0.2) is 36.0 Å². The smallest absolute Gasteiger partial charge is 0.318 e. The monoisotopic (exact) mass is 393 g/mol. The minimum Gasteiger partial charge on any atom is -0.480 e. The van der Waals surface area contributed by atoms with E-state index in [0.29, 0.717) is 5.56 Å². The van der Waals surface area contributed by atoms with Crippen LogP contribution < -0.4 is 4.72 Å². The molecule has 3 rings (SSSR count). The molecule has 2 heterocycles. The Morgan fingerprint density at radius 2 is 2.08 bits per heavy atom. The number of halogens is 1. The van der Waals surface area contributed by atoms with Crippen LogP contribution in [0.3, 0.4) is 0 Å². The number of H-pyrrole nitrogens is 1. The van der Waals surface area contributed by atoms with Crippen LogP contribution in [0, 0.1) is 0 Å². The van der Waals surface area contributed by atoms with Crippen molar-refractivity contribution in [1.29, 1.82) is 0 Å². The van der Waals surface area contributed by atoms with E-state index >= 15 is 0 Å². The molecule has 7 nitrogen and oxygen atoms in total. The fourth-order valence-corrected chi connectivity index (χ4v) is 4.16. The summed E-state index contributed by atoms with van der Waals surface area (Å²) in [7, 11) is -4.00. The molecule has 0 unspecified atom stereocenters. The SMILES string of the molecule is CCc1c[nH]c2ncc(-c3ccc(S(=O)(=O)NCC(=O)O)c(Cl)c3)cc12. The van der Waals surface area contributed by atoms with Crippen molar-refractivity contribution >= 4 is 38.6 Å². The average molecular weight is 394 g/mol. The molecule has 0 atom stereocenters. The second-order valence-corrected chi connectivity index (χ2v) is 7.79. The molecular formula is C17H16ClN3O4S. The lowest BCUT2D eigenvalue weighted by Gasteiger charge is -2.09. The molecule has 0 bridgehead atoms. The Balaban J connectivity index is 1.98. The molecule has 0 aliphatic rings. The van der Waals surface area contributed by atoms with Crippen LogP contribution in [0.5, 0.6) is 0 Å². The van der Waals surface area contributed by atoms with Gasteiger partial charge in [0.25, 0.3) is 0 Å². The van der Waals surface area contributed by atoms with Gasteiger partial charge < -0.3 is 10.1 Å². The highest BCUT2D eigenvalue weighted by atomic mass is 35.5. The molecule has 0 saturated heterocycles. The number of nitrogens with zero attached hydrogens (tertiary/aromatic N) is 1. The number of carbonyl (C=O) groups is 1. The van der Waals surface area contributed by atoms with Crippen molar-refractivity contribution < 1.29 is 18.3 Å². The highest BCUT2D eigenvalue weighted by Gasteiger charge is 2.19. The van der Waals surface area contributed by atoms with E-state index in [1.165, 1.54) is 12.1 Å². The molecule has 0 amide bonds. The van der Waals surface area contributed by atoms with Crippen molar-refractivity contribution in [3.8, 4) is 11.1 Å². The van der Waals surface area contributed by atoms with E-state index in [9.17, 15) is 13.2 Å². The summed E-state index contributed by atoms with van der Waals surface area (Å²) in [5.41, 5.74) is 3.44. The van der Waals surface area contributed by atoms with Crippen LogP contribution in [0.2, 0.25) is 5.02 Å². The lowest BCUT2D eigenvalue weighted by Crippen LogP contribution is -2.29. The van der Waals surface area contributed by atoms with Gasteiger partial charge >= 0.3 is 5.97 Å². The number of fused-ring (bicyclic) bond motifs is 1. The van der Waals surface area contributed by atoms with Crippen molar-refractivity contribution in [3.63, 3.8) is 0 Å². The maximum atomic E-state index is 12.2. The number of rotatable bonds is 6. The highest BCUT2D eigenvalue weighted by molar-refractivity contribution is 7.89. The number of nitrogens with one attached hydrogen (secondary N) is 2. The van der Waals surface area contributed by atoms with Gasteiger partial charge in [0.05, 0.1) is 5.02 Å². The highest BCUT2D eigenvalue weighted by Crippen LogP contribution is 2.30. The van der Waals surface area contributed by atoms with Crippen molar-refractivity contribution in [2.45, 2.75) is 18.2 Å². The molecule has 1 aromatic carbocycles. The summed E-state index contributed by atoms with van der Waals surface area (Å²) >= 11 is 6.14. The van der Waals surface area contributed by atoms with Crippen molar-refractivity contribution in [2.75, 3.05) is 6.54 Å². The molecule has 3 aromatic rings. The van der Waals surface area contributed by atoms with Crippen molar-refractivity contribution in [2.24, 2.45) is 0 Å². The maximum Gasteiger partial charge on any atom is 0.318 e. The summed E-state index contributed by atoms with van der Waals surface area (Å²) in [6.45, 7) is 1.34. The largest absolute Gasteiger partial charge is 0.480 e. The number of carboxylic acid groups (broad SMARTS) is 1. The first kappa shape index (κ1) is 18.4. The van der Waals surface area contributed by atoms with E-state index < -0.39 is 22.5 Å². The minimum atomic E-state index is -4.00. The Bertz CT molecular complexity index is 1090. The molecule has 0 spiro atoms. The lowest BCUT2D eigenvalue weighted by atomic mass is 10.1. The van der Waals surface area contributed by atoms with Gasteiger partial charge in [-0.15, -0.1) is 0 Å². The van der Waals surface area contributed by atoms with Crippen molar-refractivity contribution in [1.82, 2.24) is 14.7 Å². The van der Waals surface area contributed by atoms with Gasteiger partial charge in [-0.1, -0.05) is 24.6 Å². The van der Waals surface area contributed by atoms with Crippen molar-refractivity contribution in [3.05, 3.63) is 47.2 Å². The van der Waals surface area contributed by atoms with E-state index in [1.54, 1.807) is 12.3 Å². The zero-order chi connectivity index (χ0) is 18.9. The molecule has 136 valence electrons. The fourth-order valence-electron chi connectivity index (χ4n) is 2.64. The standard InChI is InChI=1S/C17H16ClN3O4S/c1-2-10-7-19-17-13(10)5-12(8-20-17)11-3-4-15(14(18)6-11)26(24,25)21-9-16(22)23/h3-8,21H,2,9H2,1H3,(H,19,20)(H,22,23). The second kappa shape index (κ2) is 7.06. The molecule has 26 heavy (non-hydrogen) atoms. The first-order valence-corrected chi connectivity index (χ1v) is 9.65. The summed E-state index contributed by atoms with van der Waals surface area (Å²) in [5, 5.41) is 9.63. The quantitative estimate of drug-likeness (QED) is 0.596. The predicted molar refractivity (Wildman–Crippen MR) is 98.7 cm³/mol. The summed E-state index contributed by atoms with van der Waals surface area (Å²) < 4.78 is 26.3. The first-order valence-electron chi connectivity index (χ1n) is 7.79. The molecule has 0 aliphatic carbocycles. The maximum absolute atomic E-state index is 12.2. The molecule has 3 N–H and O–H groups in total. The van der Waals surface area contributed by atoms with Gasteiger partial charge in [-0.3, -0.25) is 4.79 Å². The van der Waals surface area contributed by atoms with Crippen LogP contribution in [-0.2, 0) is 21.2 Å². The van der Waals surface area contributed by atoms with Crippen LogP contribution in [0.15, 0.2) is 41.6 Å². The third kappa shape index (κ3) is 3.57. The number of aryl methyl sites for hydroxylation is 1. The summed E-state index contributed by atoms with van der Waals surface area (Å²) in [4.78, 5) is 17.9. The van der Waals surface area contributed by atoms with Gasteiger partial charge in [0.1, 0.15) is 17.1 Å². The molecular weight excluding hydrogens is 378 g/mol. The van der Waals surface area contributed by atoms with E-state index in [0.717, 1.165) is 28.6 Å². The number of benzene rings is 1. The number of aromatic amines is 1. The van der Waals surface area contributed by atoms with Gasteiger partial charge in [0.2, 0.25) is 10.0 Å². The Hall–Kier alpha value is -2.42. The third-order valence-electron chi connectivity index (χ3n) is 3.97. The lowest BCUT2D eigenvalue weighted by molar-refractivity contribution is -0.135. The second-order valence-electron chi connectivity index (χ2n) is 5.65. The number of aromatic nitrogens is 2. The Morgan fingerprint density at radius 1 is 1.31 bits per heavy atom. The average Bonchev–Trinajstić information content (AvgIpc) is 3.02. The normalized spacial score (nSPS) is 11.8. The van der Waals surface area contributed by atoms with Gasteiger partial charge in [0, 0.05) is 23.3 Å². The number of aliphatic carboxylic acids is 1. The van der Waals surface area contributed by atoms with E-state index in [-0.39, 0.29) is 9.92 Å². The number of hydrogen-bond donors (Lipinski definition) is 3. The zero-order valence-corrected chi connectivity index (χ0v) is 15.4. The Kier molecular flexibility index (Phi) is 4.99. The topological polar surface area (TPSA) is 112 Å². The van der Waals surface area contributed by atoms with E-state index in [1.807, 2.05) is 17.0 Å². The van der Waals surface area contributed by atoms with Crippen LogP contribution >= 0.6 is 11.6 Å². The number of pyridine rings is 1. The van der Waals surface area contributed by atoms with Crippen LogP contribution in [0.1, 0.15) is 12.5 Å². The first-order chi connectivity index (χ1) is 12.3. The summed E-state index contributed by atoms with van der Waals surface area (Å²) in [6, 6.07) is 6.46. The Morgan fingerprint density at radius 3 is 2.73 bits per heavy atom. The number of hydrogen-bond acceptors (Lipinski definition) is 4. The molecule has 0 aliphatic heterocycles. The van der Waals surface area contributed by atoms with Crippen LogP contribution in [0.25, 0.3) is 22.2 Å². The zero-order valence-electron chi connectivity index (χ0n) is 13.8. The molecule has 9 heteroatoms. The number of carboxylic acids is 1. The molecule has 0 radical (unpaired) electrons. The third-order valence-corrected chi connectivity index (χ3v) is 5.85. The summed E-state index contributed by atoms with van der Waals surface area (Å²) in [5.74, 6) is -1.28. The predicted octanol–water partition coefficient (Wildman–Crippen LogP) is 2.81. The molecule has 0 saturated carbocycles. The van der Waals surface area contributed by atoms with Gasteiger partial charge in [-0.25, -0.2) is 13.4 Å². The van der Waals surface area contributed by atoms with E-state index in [2.05, 4.69) is 16.9 Å². The van der Waals surface area contributed by atoms with E-state index in [4.69, 9.17) is 16.7 Å². The number of sulfonamides is 1. The molecule has 0 fully saturated rings. The Labute approximate surface area is 155 Å². The minimum absolute atomic E-state index is 0.00488. The van der Waals surface area contributed by atoms with Gasteiger partial charge in [-0.05, 0) is 35.7 Å². The molecule has 2 aromatic heterocycles. The van der Waals surface area contributed by atoms with Gasteiger partial charge in [-0.2, -0.15) is 4.72 Å². The fraction of sp³-hybridized carbons (Fsp3) is 0.176. The summed E-state index contributed by atoms with van der Waals surface area (Å²) in [6.07, 6.45) is 4.46.